The summed E-state index contributed by atoms with van der Waals surface area (Å²) in [5, 5.41) is 23.2. The molecule has 0 unspecified atom stereocenters. The number of carbonyl (C=O) groups excluding carboxylic acids is 2. The normalized spacial score (nSPS) is 11.9. The van der Waals surface area contributed by atoms with E-state index in [0.717, 1.165) is 11.3 Å². The highest BCUT2D eigenvalue weighted by molar-refractivity contribution is 7.99. The average molecular weight is 514 g/mol. The maximum atomic E-state index is 12.6. The third kappa shape index (κ3) is 6.89. The number of nitrogens with zero attached hydrogens (tertiary/aromatic N) is 5. The molecule has 0 radical (unpaired) electrons. The van der Waals surface area contributed by atoms with Gasteiger partial charge in [-0.1, -0.05) is 48.2 Å². The van der Waals surface area contributed by atoms with Crippen molar-refractivity contribution < 1.29 is 9.59 Å². The fourth-order valence-electron chi connectivity index (χ4n) is 3.54. The maximum absolute atomic E-state index is 12.6. The molecule has 0 saturated heterocycles. The third-order valence-electron chi connectivity index (χ3n) is 5.51. The second kappa shape index (κ2) is 12.1. The number of benzene rings is 3. The predicted octanol–water partition coefficient (Wildman–Crippen LogP) is 5.76. The molecule has 10 heteroatoms. The summed E-state index contributed by atoms with van der Waals surface area (Å²) < 4.78 is 1.78. The Balaban J connectivity index is 1.28. The number of hydrogen-bond donors (Lipinski definition) is 2. The number of hydrogen-bond acceptors (Lipinski definition) is 7. The van der Waals surface area contributed by atoms with Gasteiger partial charge >= 0.3 is 0 Å². The summed E-state index contributed by atoms with van der Waals surface area (Å²) in [6, 6.07) is 23.7. The van der Waals surface area contributed by atoms with E-state index in [9.17, 15) is 9.59 Å². The first-order valence-corrected chi connectivity index (χ1v) is 12.6. The van der Waals surface area contributed by atoms with Crippen LogP contribution in [0, 0.1) is 6.92 Å². The van der Waals surface area contributed by atoms with Crippen LogP contribution in [0.3, 0.4) is 0 Å². The summed E-state index contributed by atoms with van der Waals surface area (Å²) in [6.45, 7) is 3.75. The van der Waals surface area contributed by atoms with Gasteiger partial charge in [-0.25, -0.2) is 0 Å². The van der Waals surface area contributed by atoms with Gasteiger partial charge in [-0.2, -0.15) is 10.2 Å². The Hall–Kier alpha value is -4.31. The Morgan fingerprint density at radius 3 is 2.27 bits per heavy atom. The molecule has 2 amide bonds. The van der Waals surface area contributed by atoms with Gasteiger partial charge in [0.25, 0.3) is 5.91 Å². The van der Waals surface area contributed by atoms with Crippen LogP contribution < -0.4 is 10.6 Å². The number of azo groups is 1. The van der Waals surface area contributed by atoms with E-state index in [4.69, 9.17) is 0 Å². The van der Waals surface area contributed by atoms with E-state index in [1.165, 1.54) is 11.8 Å². The minimum Gasteiger partial charge on any atom is -0.342 e. The first-order valence-electron chi connectivity index (χ1n) is 11.7. The van der Waals surface area contributed by atoms with Crippen molar-refractivity contribution in [1.29, 1.82) is 0 Å². The van der Waals surface area contributed by atoms with Crippen molar-refractivity contribution in [2.24, 2.45) is 17.3 Å². The van der Waals surface area contributed by atoms with Crippen molar-refractivity contribution in [3.8, 4) is 0 Å². The predicted molar refractivity (Wildman–Crippen MR) is 144 cm³/mol. The van der Waals surface area contributed by atoms with Gasteiger partial charge < -0.3 is 15.2 Å². The first kappa shape index (κ1) is 25.8. The first-order chi connectivity index (χ1) is 17.9. The number of aromatic nitrogens is 3. The molecule has 0 spiro atoms. The van der Waals surface area contributed by atoms with E-state index in [-0.39, 0.29) is 23.6 Å². The zero-order chi connectivity index (χ0) is 26.2. The van der Waals surface area contributed by atoms with Crippen molar-refractivity contribution >= 4 is 40.6 Å². The fraction of sp³-hybridized carbons (Fsp3) is 0.185. The van der Waals surface area contributed by atoms with E-state index in [2.05, 4.69) is 31.1 Å². The van der Waals surface area contributed by atoms with Gasteiger partial charge in [-0.15, -0.1) is 10.2 Å². The van der Waals surface area contributed by atoms with Gasteiger partial charge in [0.2, 0.25) is 5.91 Å². The standard InChI is InChI=1S/C27H27N7O2S/c1-18-9-7-8-12-23(18)26(36)28-19(2)25-32-33-27(34(25)3)37-17-24(35)29-20-13-15-22(16-14-20)31-30-21-10-5-4-6-11-21/h4-16,19H,17H2,1-3H3,(H,28,36)(H,29,35)/t19-/m1/s1. The molecule has 2 N–H and O–H groups in total. The average Bonchev–Trinajstić information content (AvgIpc) is 3.28. The van der Waals surface area contributed by atoms with Crippen LogP contribution in [-0.4, -0.2) is 32.3 Å². The minimum absolute atomic E-state index is 0.158. The highest BCUT2D eigenvalue weighted by Crippen LogP contribution is 2.22. The molecule has 4 aromatic rings. The van der Waals surface area contributed by atoms with Gasteiger partial charge in [0.15, 0.2) is 11.0 Å². The summed E-state index contributed by atoms with van der Waals surface area (Å²) in [4.78, 5) is 25.1. The summed E-state index contributed by atoms with van der Waals surface area (Å²) in [7, 11) is 1.81. The largest absolute Gasteiger partial charge is 0.342 e. The maximum Gasteiger partial charge on any atom is 0.252 e. The van der Waals surface area contributed by atoms with Crippen LogP contribution >= 0.6 is 11.8 Å². The van der Waals surface area contributed by atoms with E-state index < -0.39 is 0 Å². The Labute approximate surface area is 219 Å². The Morgan fingerprint density at radius 2 is 1.57 bits per heavy atom. The minimum atomic E-state index is -0.356. The summed E-state index contributed by atoms with van der Waals surface area (Å²) in [5.74, 6) is 0.416. The Bertz CT molecular complexity index is 1400. The van der Waals surface area contributed by atoms with E-state index in [0.29, 0.717) is 27.9 Å². The second-order valence-electron chi connectivity index (χ2n) is 8.33. The second-order valence-corrected chi connectivity index (χ2v) is 9.27. The lowest BCUT2D eigenvalue weighted by atomic mass is 10.1. The van der Waals surface area contributed by atoms with Crippen LogP contribution in [0.5, 0.6) is 0 Å². The summed E-state index contributed by atoms with van der Waals surface area (Å²) in [5.41, 5.74) is 3.64. The number of thioether (sulfide) groups is 1. The highest BCUT2D eigenvalue weighted by atomic mass is 32.2. The lowest BCUT2D eigenvalue weighted by Gasteiger charge is -2.14. The van der Waals surface area contributed by atoms with Gasteiger partial charge in [-0.05, 0) is 61.9 Å². The number of nitrogens with one attached hydrogen (secondary N) is 2. The molecule has 0 bridgehead atoms. The van der Waals surface area contributed by atoms with Crippen molar-refractivity contribution in [3.63, 3.8) is 0 Å². The molecule has 0 aliphatic carbocycles. The number of rotatable bonds is 9. The topological polar surface area (TPSA) is 114 Å². The van der Waals surface area contributed by atoms with Crippen LogP contribution in [0.1, 0.15) is 34.7 Å². The number of carbonyl (C=O) groups is 2. The number of aryl methyl sites for hydroxylation is 1. The molecule has 9 nitrogen and oxygen atoms in total. The van der Waals surface area contributed by atoms with Gasteiger partial charge in [0.1, 0.15) is 0 Å². The SMILES string of the molecule is Cc1ccccc1C(=O)N[C@H](C)c1nnc(SCC(=O)Nc2ccc(N=Nc3ccccc3)cc2)n1C. The van der Waals surface area contributed by atoms with Crippen molar-refractivity contribution in [2.45, 2.75) is 25.0 Å². The molecule has 188 valence electrons. The fourth-order valence-corrected chi connectivity index (χ4v) is 4.26. The quantitative estimate of drug-likeness (QED) is 0.218. The highest BCUT2D eigenvalue weighted by Gasteiger charge is 2.19. The molecule has 4 rings (SSSR count). The zero-order valence-electron chi connectivity index (χ0n) is 20.8. The van der Waals surface area contributed by atoms with Crippen molar-refractivity contribution in [3.05, 3.63) is 95.8 Å². The monoisotopic (exact) mass is 513 g/mol. The summed E-state index contributed by atoms with van der Waals surface area (Å²) >= 11 is 1.27. The van der Waals surface area contributed by atoms with Gasteiger partial charge in [0, 0.05) is 18.3 Å². The summed E-state index contributed by atoms with van der Waals surface area (Å²) in [6.07, 6.45) is 0. The van der Waals surface area contributed by atoms with Crippen LogP contribution in [0.2, 0.25) is 0 Å². The molecule has 1 aromatic heterocycles. The van der Waals surface area contributed by atoms with Gasteiger partial charge in [0.05, 0.1) is 23.2 Å². The molecule has 0 saturated carbocycles. The molecule has 0 aliphatic rings. The molecule has 0 aliphatic heterocycles. The third-order valence-corrected chi connectivity index (χ3v) is 6.53. The Morgan fingerprint density at radius 1 is 0.919 bits per heavy atom. The molecular weight excluding hydrogens is 486 g/mol. The zero-order valence-corrected chi connectivity index (χ0v) is 21.6. The van der Waals surface area contributed by atoms with Crippen molar-refractivity contribution in [2.75, 3.05) is 11.1 Å². The molecule has 0 fully saturated rings. The lowest BCUT2D eigenvalue weighted by molar-refractivity contribution is -0.113. The van der Waals surface area contributed by atoms with E-state index in [1.54, 1.807) is 34.9 Å². The number of anilines is 1. The molecular formula is C27H27N7O2S. The number of amides is 2. The van der Waals surface area contributed by atoms with E-state index in [1.807, 2.05) is 69.4 Å². The van der Waals surface area contributed by atoms with Crippen LogP contribution in [0.4, 0.5) is 17.1 Å². The Kier molecular flexibility index (Phi) is 8.42. The van der Waals surface area contributed by atoms with Crippen LogP contribution in [0.25, 0.3) is 0 Å². The van der Waals surface area contributed by atoms with Crippen LogP contribution in [0.15, 0.2) is 94.2 Å². The smallest absolute Gasteiger partial charge is 0.252 e. The molecule has 37 heavy (non-hydrogen) atoms. The van der Waals surface area contributed by atoms with Crippen LogP contribution in [-0.2, 0) is 11.8 Å². The van der Waals surface area contributed by atoms with E-state index >= 15 is 0 Å². The van der Waals surface area contributed by atoms with Crippen molar-refractivity contribution in [1.82, 2.24) is 20.1 Å². The molecule has 1 atom stereocenters. The molecule has 1 heterocycles. The lowest BCUT2D eigenvalue weighted by Crippen LogP contribution is -2.29. The molecule has 3 aromatic carbocycles. The van der Waals surface area contributed by atoms with Gasteiger partial charge in [-0.3, -0.25) is 9.59 Å².